The number of ketones is 1. The summed E-state index contributed by atoms with van der Waals surface area (Å²) >= 11 is 0. The summed E-state index contributed by atoms with van der Waals surface area (Å²) in [6, 6.07) is -1.22. The van der Waals surface area contributed by atoms with Crippen molar-refractivity contribution in [3.05, 3.63) is 0 Å². The maximum atomic E-state index is 11.0. The first-order valence-corrected chi connectivity index (χ1v) is 3.94. The summed E-state index contributed by atoms with van der Waals surface area (Å²) in [7, 11) is 0. The number of carbonyl (C=O) groups excluding carboxylic acids is 2. The van der Waals surface area contributed by atoms with Gasteiger partial charge in [0.05, 0.1) is 13.1 Å². The number of hydrogen-bond acceptors (Lipinski definition) is 5. The van der Waals surface area contributed by atoms with Gasteiger partial charge in [0, 0.05) is 6.42 Å². The van der Waals surface area contributed by atoms with Crippen LogP contribution < -0.4 is 16.8 Å². The Morgan fingerprint density at radius 3 is 2.36 bits per heavy atom. The predicted molar refractivity (Wildman–Crippen MR) is 47.3 cm³/mol. The molecule has 1 atom stereocenters. The molecule has 0 saturated carbocycles. The van der Waals surface area contributed by atoms with E-state index >= 15 is 0 Å². The molecule has 0 aliphatic rings. The van der Waals surface area contributed by atoms with Crippen molar-refractivity contribution in [1.82, 2.24) is 5.32 Å². The second-order valence-corrected chi connectivity index (χ2v) is 2.67. The van der Waals surface area contributed by atoms with Gasteiger partial charge in [0.2, 0.25) is 5.91 Å². The van der Waals surface area contributed by atoms with E-state index in [1.165, 1.54) is 0 Å². The van der Waals surface area contributed by atoms with Crippen LogP contribution in [0.3, 0.4) is 0 Å². The van der Waals surface area contributed by atoms with E-state index in [0.717, 1.165) is 0 Å². The Morgan fingerprint density at radius 2 is 1.93 bits per heavy atom. The Kier molecular flexibility index (Phi) is 5.42. The van der Waals surface area contributed by atoms with Crippen LogP contribution in [-0.2, 0) is 14.4 Å². The largest absolute Gasteiger partial charge is 0.480 e. The molecule has 0 rings (SSSR count). The number of carbonyl (C=O) groups is 3. The average molecular weight is 203 g/mol. The first kappa shape index (κ1) is 12.5. The molecule has 0 fully saturated rings. The maximum Gasteiger partial charge on any atom is 0.320 e. The van der Waals surface area contributed by atoms with Crippen molar-refractivity contribution in [2.24, 2.45) is 11.5 Å². The highest BCUT2D eigenvalue weighted by Crippen LogP contribution is 1.89. The van der Waals surface area contributed by atoms with Crippen LogP contribution in [0.2, 0.25) is 0 Å². The van der Waals surface area contributed by atoms with E-state index in [2.05, 4.69) is 5.32 Å². The van der Waals surface area contributed by atoms with E-state index < -0.39 is 23.7 Å². The van der Waals surface area contributed by atoms with Crippen molar-refractivity contribution >= 4 is 17.7 Å². The molecule has 7 heteroatoms. The summed E-state index contributed by atoms with van der Waals surface area (Å²) in [5.74, 6) is -2.16. The number of Topliss-reactive ketones (excluding diaryl/α,β-unsaturated/α-hetero) is 1. The topological polar surface area (TPSA) is 136 Å². The molecule has 0 saturated heterocycles. The number of nitrogens with two attached hydrogens (primary N) is 2. The number of rotatable bonds is 6. The van der Waals surface area contributed by atoms with Gasteiger partial charge in [0.15, 0.2) is 5.78 Å². The van der Waals surface area contributed by atoms with Gasteiger partial charge in [-0.2, -0.15) is 0 Å². The van der Waals surface area contributed by atoms with Crippen LogP contribution in [0.25, 0.3) is 0 Å². The SMILES string of the molecule is NCC(=O)NCC(=O)C[C@H](N)C(=O)O. The summed E-state index contributed by atoms with van der Waals surface area (Å²) < 4.78 is 0. The number of carboxylic acid groups (broad SMARTS) is 1. The second kappa shape index (κ2) is 6.06. The average Bonchev–Trinajstić information content (AvgIpc) is 2.13. The lowest BCUT2D eigenvalue weighted by atomic mass is 10.1. The minimum absolute atomic E-state index is 0.210. The quantitative estimate of drug-likeness (QED) is 0.374. The fraction of sp³-hybridized carbons (Fsp3) is 0.571. The normalized spacial score (nSPS) is 11.9. The minimum atomic E-state index is -1.25. The predicted octanol–water partition coefficient (Wildman–Crippen LogP) is -2.57. The molecule has 0 aromatic rings. The van der Waals surface area contributed by atoms with Crippen molar-refractivity contribution < 1.29 is 19.5 Å². The number of aliphatic carboxylic acids is 1. The third-order valence-corrected chi connectivity index (χ3v) is 1.43. The van der Waals surface area contributed by atoms with E-state index in [9.17, 15) is 14.4 Å². The van der Waals surface area contributed by atoms with Gasteiger partial charge in [-0.3, -0.25) is 14.4 Å². The lowest BCUT2D eigenvalue weighted by molar-refractivity contribution is -0.140. The number of carboxylic acids is 1. The first-order valence-electron chi connectivity index (χ1n) is 3.94. The third-order valence-electron chi connectivity index (χ3n) is 1.43. The lowest BCUT2D eigenvalue weighted by Gasteiger charge is -2.05. The highest BCUT2D eigenvalue weighted by atomic mass is 16.4. The molecule has 0 aliphatic carbocycles. The van der Waals surface area contributed by atoms with Crippen molar-refractivity contribution in [1.29, 1.82) is 0 Å². The van der Waals surface area contributed by atoms with Gasteiger partial charge in [-0.25, -0.2) is 0 Å². The molecule has 7 nitrogen and oxygen atoms in total. The number of amides is 1. The Labute approximate surface area is 80.4 Å². The minimum Gasteiger partial charge on any atom is -0.480 e. The van der Waals surface area contributed by atoms with Crippen LogP contribution in [0.5, 0.6) is 0 Å². The molecule has 6 N–H and O–H groups in total. The van der Waals surface area contributed by atoms with Crippen LogP contribution in [0.1, 0.15) is 6.42 Å². The van der Waals surface area contributed by atoms with E-state index in [-0.39, 0.29) is 19.5 Å². The molecule has 0 spiro atoms. The standard InChI is InChI=1S/C7H13N3O4/c8-2-6(12)10-3-4(11)1-5(9)7(13)14/h5H,1-3,8-9H2,(H,10,12)(H,13,14)/t5-/m0/s1. The van der Waals surface area contributed by atoms with Crippen molar-refractivity contribution in [2.45, 2.75) is 12.5 Å². The first-order chi connectivity index (χ1) is 6.47. The van der Waals surface area contributed by atoms with Crippen molar-refractivity contribution in [3.63, 3.8) is 0 Å². The molecular weight excluding hydrogens is 190 g/mol. The number of nitrogens with one attached hydrogen (secondary N) is 1. The molecular formula is C7H13N3O4. The summed E-state index contributed by atoms with van der Waals surface area (Å²) in [5.41, 5.74) is 10.1. The summed E-state index contributed by atoms with van der Waals surface area (Å²) in [6.07, 6.45) is -0.305. The van der Waals surface area contributed by atoms with Gasteiger partial charge in [0.25, 0.3) is 0 Å². The monoisotopic (exact) mass is 203 g/mol. The van der Waals surface area contributed by atoms with E-state index in [1.807, 2.05) is 0 Å². The zero-order valence-electron chi connectivity index (χ0n) is 7.53. The zero-order valence-corrected chi connectivity index (χ0v) is 7.53. The van der Waals surface area contributed by atoms with Gasteiger partial charge in [0.1, 0.15) is 6.04 Å². The fourth-order valence-electron chi connectivity index (χ4n) is 0.674. The van der Waals surface area contributed by atoms with Crippen LogP contribution in [0.4, 0.5) is 0 Å². The summed E-state index contributed by atoms with van der Waals surface area (Å²) in [6.45, 7) is -0.449. The van der Waals surface area contributed by atoms with Crippen LogP contribution in [0.15, 0.2) is 0 Å². The Hall–Kier alpha value is -1.47. The Morgan fingerprint density at radius 1 is 1.36 bits per heavy atom. The van der Waals surface area contributed by atoms with E-state index in [4.69, 9.17) is 16.6 Å². The fourth-order valence-corrected chi connectivity index (χ4v) is 0.674. The smallest absolute Gasteiger partial charge is 0.320 e. The molecule has 0 heterocycles. The van der Waals surface area contributed by atoms with Crippen LogP contribution >= 0.6 is 0 Å². The molecule has 0 aliphatic heterocycles. The molecule has 0 aromatic heterocycles. The zero-order chi connectivity index (χ0) is 11.1. The molecule has 14 heavy (non-hydrogen) atoms. The Bertz CT molecular complexity index is 241. The van der Waals surface area contributed by atoms with Gasteiger partial charge >= 0.3 is 5.97 Å². The molecule has 0 radical (unpaired) electrons. The van der Waals surface area contributed by atoms with Crippen LogP contribution in [-0.4, -0.2) is 41.9 Å². The molecule has 1 amide bonds. The lowest BCUT2D eigenvalue weighted by Crippen LogP contribution is -2.38. The second-order valence-electron chi connectivity index (χ2n) is 2.67. The summed E-state index contributed by atoms with van der Waals surface area (Å²) in [4.78, 5) is 31.8. The molecule has 80 valence electrons. The van der Waals surface area contributed by atoms with Gasteiger partial charge in [-0.05, 0) is 0 Å². The molecule has 0 unspecified atom stereocenters. The van der Waals surface area contributed by atoms with Gasteiger partial charge in [-0.15, -0.1) is 0 Å². The highest BCUT2D eigenvalue weighted by Gasteiger charge is 2.16. The van der Waals surface area contributed by atoms with E-state index in [1.54, 1.807) is 0 Å². The van der Waals surface area contributed by atoms with E-state index in [0.29, 0.717) is 0 Å². The van der Waals surface area contributed by atoms with Crippen LogP contribution in [0, 0.1) is 0 Å². The third kappa shape index (κ3) is 5.22. The highest BCUT2D eigenvalue weighted by molar-refractivity contribution is 5.89. The molecule has 0 bridgehead atoms. The maximum absolute atomic E-state index is 11.0. The number of hydrogen-bond donors (Lipinski definition) is 4. The van der Waals surface area contributed by atoms with Gasteiger partial charge in [-0.1, -0.05) is 0 Å². The van der Waals surface area contributed by atoms with Crippen molar-refractivity contribution in [2.75, 3.05) is 13.1 Å². The summed E-state index contributed by atoms with van der Waals surface area (Å²) in [5, 5.41) is 10.6. The molecule has 0 aromatic carbocycles. The van der Waals surface area contributed by atoms with Crippen molar-refractivity contribution in [3.8, 4) is 0 Å². The Balaban J connectivity index is 3.76. The van der Waals surface area contributed by atoms with Gasteiger partial charge < -0.3 is 21.9 Å².